The molecule has 10 heteroatoms. The average molecular weight is 412 g/mol. The zero-order chi connectivity index (χ0) is 20.4. The van der Waals surface area contributed by atoms with Crippen LogP contribution >= 0.6 is 11.3 Å². The summed E-state index contributed by atoms with van der Waals surface area (Å²) < 4.78 is 22.8. The van der Waals surface area contributed by atoms with Crippen molar-refractivity contribution in [2.75, 3.05) is 31.6 Å². The van der Waals surface area contributed by atoms with E-state index >= 15 is 4.39 Å². The molecule has 1 fully saturated rings. The maximum atomic E-state index is 15.4. The number of halogens is 1. The van der Waals surface area contributed by atoms with Gasteiger partial charge in [0.15, 0.2) is 5.43 Å². The second-order valence-corrected chi connectivity index (χ2v) is 8.02. The van der Waals surface area contributed by atoms with Crippen molar-refractivity contribution in [2.45, 2.75) is 13.0 Å². The van der Waals surface area contributed by atoms with Gasteiger partial charge in [-0.2, -0.15) is 0 Å². The predicted molar refractivity (Wildman–Crippen MR) is 111 cm³/mol. The van der Waals surface area contributed by atoms with Crippen LogP contribution in [-0.4, -0.2) is 55.5 Å². The van der Waals surface area contributed by atoms with Gasteiger partial charge in [0.05, 0.1) is 45.0 Å². The van der Waals surface area contributed by atoms with Crippen LogP contribution in [0, 0.1) is 5.82 Å². The standard InChI is InChI=1S/C19H16BFN3O4S/c1-8-6-23(3-4-28-8)16-10(21)5-9-15-12(16)14(22-2)11-7-29-18(24(11)15)13(17(9)25)20-19(26)27/h5,7-8H,3-4,6H2,1-2H3,(H,26,27). The van der Waals surface area contributed by atoms with Crippen LogP contribution in [-0.2, 0) is 4.74 Å². The number of carbonyl (C=O) groups is 1. The van der Waals surface area contributed by atoms with E-state index in [2.05, 4.69) is 4.99 Å². The third kappa shape index (κ3) is 2.48. The molecule has 0 aliphatic carbocycles. The van der Waals surface area contributed by atoms with E-state index in [0.29, 0.717) is 46.5 Å². The molecule has 1 aliphatic heterocycles. The van der Waals surface area contributed by atoms with Gasteiger partial charge >= 0.3 is 7.28 Å². The number of hydrogen-bond donors (Lipinski definition) is 1. The lowest BCUT2D eigenvalue weighted by molar-refractivity contribution is 0.0531. The fourth-order valence-corrected chi connectivity index (χ4v) is 5.35. The Morgan fingerprint density at radius 3 is 2.97 bits per heavy atom. The molecule has 7 nitrogen and oxygen atoms in total. The Hall–Kier alpha value is -2.72. The summed E-state index contributed by atoms with van der Waals surface area (Å²) in [6.45, 7) is 3.49. The van der Waals surface area contributed by atoms with Crippen molar-refractivity contribution in [2.24, 2.45) is 4.99 Å². The fraction of sp³-hybridized carbons (Fsp3) is 0.316. The molecule has 1 N–H and O–H groups in total. The fourth-order valence-electron chi connectivity index (χ4n) is 4.33. The lowest BCUT2D eigenvalue weighted by Crippen LogP contribution is -2.42. The third-order valence-corrected chi connectivity index (χ3v) is 6.39. The van der Waals surface area contributed by atoms with Gasteiger partial charge in [0, 0.05) is 36.4 Å². The number of pyridine rings is 1. The summed E-state index contributed by atoms with van der Waals surface area (Å²) in [6.07, 6.45) is -0.0433. The predicted octanol–water partition coefficient (Wildman–Crippen LogP) is 1.45. The summed E-state index contributed by atoms with van der Waals surface area (Å²) in [4.78, 5) is 31.2. The quantitative estimate of drug-likeness (QED) is 0.515. The minimum atomic E-state index is -1.22. The molecule has 29 heavy (non-hydrogen) atoms. The van der Waals surface area contributed by atoms with E-state index in [0.717, 1.165) is 12.8 Å². The van der Waals surface area contributed by atoms with Crippen LogP contribution in [0.1, 0.15) is 6.92 Å². The van der Waals surface area contributed by atoms with E-state index in [1.807, 2.05) is 21.6 Å². The van der Waals surface area contributed by atoms with Crippen LogP contribution < -0.4 is 21.1 Å². The molecule has 147 valence electrons. The molecule has 0 spiro atoms. The summed E-state index contributed by atoms with van der Waals surface area (Å²) in [5.41, 5.74) is 1.30. The SMILES string of the molecule is CN=c1c2c(N3CCOC(C)C3)c(F)cc3c(=O)c([B]C(=O)O)c4scc1n4c32. The van der Waals surface area contributed by atoms with Gasteiger partial charge in [0.1, 0.15) is 5.82 Å². The Morgan fingerprint density at radius 1 is 1.48 bits per heavy atom. The minimum Gasteiger partial charge on any atom is -0.489 e. The number of benzene rings is 1. The van der Waals surface area contributed by atoms with Crippen molar-refractivity contribution in [3.8, 4) is 0 Å². The van der Waals surface area contributed by atoms with Crippen LogP contribution in [0.15, 0.2) is 21.2 Å². The Kier molecular flexibility index (Phi) is 4.04. The molecule has 1 radical (unpaired) electrons. The molecule has 0 bridgehead atoms. The number of anilines is 1. The highest BCUT2D eigenvalue weighted by Crippen LogP contribution is 2.35. The molecule has 1 saturated heterocycles. The van der Waals surface area contributed by atoms with E-state index < -0.39 is 17.1 Å². The van der Waals surface area contributed by atoms with Crippen molar-refractivity contribution >= 4 is 62.3 Å². The van der Waals surface area contributed by atoms with Crippen LogP contribution in [0.25, 0.3) is 26.6 Å². The molecule has 4 heterocycles. The Bertz CT molecular complexity index is 1400. The number of ether oxygens (including phenoxy) is 1. The first-order chi connectivity index (χ1) is 13.9. The van der Waals surface area contributed by atoms with Gasteiger partial charge in [-0.3, -0.25) is 19.0 Å². The number of hydrogen-bond acceptors (Lipinski definition) is 6. The van der Waals surface area contributed by atoms with Crippen LogP contribution in [0.5, 0.6) is 0 Å². The van der Waals surface area contributed by atoms with Crippen molar-refractivity contribution in [3.63, 3.8) is 0 Å². The molecule has 1 aliphatic rings. The van der Waals surface area contributed by atoms with Gasteiger partial charge in [-0.05, 0) is 13.0 Å². The summed E-state index contributed by atoms with van der Waals surface area (Å²) in [6, 6.07) is 1.22. The molecule has 1 unspecified atom stereocenters. The maximum absolute atomic E-state index is 15.4. The molecule has 3 aromatic heterocycles. The maximum Gasteiger partial charge on any atom is 0.307 e. The number of rotatable bonds is 3. The largest absolute Gasteiger partial charge is 0.489 e. The Balaban J connectivity index is 1.96. The first kappa shape index (κ1) is 18.3. The van der Waals surface area contributed by atoms with Crippen molar-refractivity contribution < 1.29 is 19.0 Å². The van der Waals surface area contributed by atoms with Gasteiger partial charge in [-0.25, -0.2) is 4.39 Å². The van der Waals surface area contributed by atoms with Gasteiger partial charge < -0.3 is 14.7 Å². The summed E-state index contributed by atoms with van der Waals surface area (Å²) in [5.74, 6) is -1.74. The van der Waals surface area contributed by atoms with Gasteiger partial charge in [0.2, 0.25) is 5.87 Å². The Labute approximate surface area is 168 Å². The normalized spacial score (nSPS) is 18.5. The molecular formula is C19H16BFN3O4S. The first-order valence-electron chi connectivity index (χ1n) is 9.16. The monoisotopic (exact) mass is 412 g/mol. The van der Waals surface area contributed by atoms with Crippen LogP contribution in [0.2, 0.25) is 0 Å². The van der Waals surface area contributed by atoms with E-state index in [-0.39, 0.29) is 17.0 Å². The molecule has 0 saturated carbocycles. The van der Waals surface area contributed by atoms with Crippen LogP contribution in [0.4, 0.5) is 14.9 Å². The smallest absolute Gasteiger partial charge is 0.307 e. The molecular weight excluding hydrogens is 396 g/mol. The minimum absolute atomic E-state index is 0.0433. The molecule has 1 atom stereocenters. The Morgan fingerprint density at radius 2 is 2.28 bits per heavy atom. The van der Waals surface area contributed by atoms with Crippen molar-refractivity contribution in [1.82, 2.24) is 4.40 Å². The second-order valence-electron chi connectivity index (χ2n) is 7.16. The number of morpholine rings is 1. The molecule has 4 aromatic rings. The summed E-state index contributed by atoms with van der Waals surface area (Å²) in [7, 11) is 2.52. The number of carboxylic acid groups (broad SMARTS) is 1. The lowest BCUT2D eigenvalue weighted by atomic mass is 9.71. The van der Waals surface area contributed by atoms with Gasteiger partial charge in [-0.15, -0.1) is 11.3 Å². The average Bonchev–Trinajstić information content (AvgIpc) is 3.22. The van der Waals surface area contributed by atoms with Crippen LogP contribution in [0.3, 0.4) is 0 Å². The van der Waals surface area contributed by atoms with E-state index in [1.165, 1.54) is 17.4 Å². The topological polar surface area (TPSA) is 83.6 Å². The van der Waals surface area contributed by atoms with Crippen molar-refractivity contribution in [3.05, 3.63) is 32.8 Å². The highest BCUT2D eigenvalue weighted by Gasteiger charge is 2.29. The lowest BCUT2D eigenvalue weighted by Gasteiger charge is -2.33. The summed E-state index contributed by atoms with van der Waals surface area (Å²) >= 11 is 1.28. The number of nitrogens with zero attached hydrogens (tertiary/aromatic N) is 3. The first-order valence-corrected chi connectivity index (χ1v) is 10.0. The molecule has 0 amide bonds. The van der Waals surface area contributed by atoms with Gasteiger partial charge in [0.25, 0.3) is 0 Å². The van der Waals surface area contributed by atoms with Gasteiger partial charge in [-0.1, -0.05) is 0 Å². The molecule has 1 aromatic carbocycles. The van der Waals surface area contributed by atoms with E-state index in [9.17, 15) is 14.7 Å². The summed E-state index contributed by atoms with van der Waals surface area (Å²) in [5, 5.41) is 12.4. The number of aromatic nitrogens is 1. The molecule has 5 rings (SSSR count). The van der Waals surface area contributed by atoms with E-state index in [4.69, 9.17) is 4.74 Å². The zero-order valence-corrected chi connectivity index (χ0v) is 16.5. The number of thiazole rings is 1. The highest BCUT2D eigenvalue weighted by atomic mass is 32.1. The third-order valence-electron chi connectivity index (χ3n) is 5.42. The van der Waals surface area contributed by atoms with Crippen molar-refractivity contribution in [1.29, 1.82) is 0 Å². The highest BCUT2D eigenvalue weighted by molar-refractivity contribution is 7.18. The second kappa shape index (κ2) is 6.40. The zero-order valence-electron chi connectivity index (χ0n) is 15.7. The van der Waals surface area contributed by atoms with E-state index in [1.54, 1.807) is 7.05 Å².